The van der Waals surface area contributed by atoms with Crippen LogP contribution in [0.2, 0.25) is 0 Å². The predicted molar refractivity (Wildman–Crippen MR) is 82.1 cm³/mol. The van der Waals surface area contributed by atoms with E-state index in [9.17, 15) is 14.9 Å². The van der Waals surface area contributed by atoms with Gasteiger partial charge in [-0.1, -0.05) is 19.1 Å². The van der Waals surface area contributed by atoms with Gasteiger partial charge in [0, 0.05) is 38.3 Å². The van der Waals surface area contributed by atoms with Crippen molar-refractivity contribution in [3.63, 3.8) is 0 Å². The third-order valence-corrected chi connectivity index (χ3v) is 3.32. The maximum Gasteiger partial charge on any atom is 0.320 e. The van der Waals surface area contributed by atoms with Crippen molar-refractivity contribution >= 4 is 11.7 Å². The summed E-state index contributed by atoms with van der Waals surface area (Å²) in [5.41, 5.74) is 0.963. The highest BCUT2D eigenvalue weighted by Crippen LogP contribution is 2.14. The lowest BCUT2D eigenvalue weighted by Gasteiger charge is -2.29. The van der Waals surface area contributed by atoms with E-state index in [-0.39, 0.29) is 11.7 Å². The minimum Gasteiger partial charge on any atom is -0.325 e. The summed E-state index contributed by atoms with van der Waals surface area (Å²) in [6.07, 6.45) is 0.875. The van der Waals surface area contributed by atoms with Crippen molar-refractivity contribution < 1.29 is 9.72 Å². The number of urea groups is 1. The molecule has 6 nitrogen and oxygen atoms in total. The number of rotatable bonds is 7. The lowest BCUT2D eigenvalue weighted by molar-refractivity contribution is -0.384. The van der Waals surface area contributed by atoms with Crippen LogP contribution in [0.4, 0.5) is 10.5 Å². The summed E-state index contributed by atoms with van der Waals surface area (Å²) >= 11 is 0. The van der Waals surface area contributed by atoms with Gasteiger partial charge >= 0.3 is 6.03 Å². The summed E-state index contributed by atoms with van der Waals surface area (Å²) in [6, 6.07) is 6.37. The third-order valence-electron chi connectivity index (χ3n) is 3.32. The van der Waals surface area contributed by atoms with Gasteiger partial charge in [-0.25, -0.2) is 4.79 Å². The molecule has 1 rings (SSSR count). The van der Waals surface area contributed by atoms with E-state index in [0.717, 1.165) is 12.0 Å². The zero-order chi connectivity index (χ0) is 15.8. The van der Waals surface area contributed by atoms with Crippen LogP contribution < -0.4 is 0 Å². The van der Waals surface area contributed by atoms with Crippen LogP contribution in [-0.2, 0) is 6.54 Å². The SMILES string of the molecule is CCCN(Cc1ccc([N+](=O)[O-])cc1)C(=O)N(CC)CC. The number of carbonyl (C=O) groups excluding carboxylic acids is 1. The van der Waals surface area contributed by atoms with Crippen molar-refractivity contribution in [3.8, 4) is 0 Å². The van der Waals surface area contributed by atoms with E-state index in [1.165, 1.54) is 12.1 Å². The Morgan fingerprint density at radius 2 is 1.67 bits per heavy atom. The van der Waals surface area contributed by atoms with E-state index in [4.69, 9.17) is 0 Å². The van der Waals surface area contributed by atoms with Gasteiger partial charge in [-0.05, 0) is 25.8 Å². The van der Waals surface area contributed by atoms with E-state index in [1.807, 2.05) is 20.8 Å². The first-order valence-corrected chi connectivity index (χ1v) is 7.30. The van der Waals surface area contributed by atoms with Gasteiger partial charge < -0.3 is 9.80 Å². The van der Waals surface area contributed by atoms with Gasteiger partial charge in [0.05, 0.1) is 4.92 Å². The molecule has 0 radical (unpaired) electrons. The number of nitro benzene ring substituents is 1. The molecule has 0 N–H and O–H groups in total. The second-order valence-corrected chi connectivity index (χ2v) is 4.80. The Morgan fingerprint density at radius 1 is 1.10 bits per heavy atom. The summed E-state index contributed by atoms with van der Waals surface area (Å²) < 4.78 is 0. The van der Waals surface area contributed by atoms with Gasteiger partial charge in [0.25, 0.3) is 5.69 Å². The molecule has 116 valence electrons. The topological polar surface area (TPSA) is 66.7 Å². The van der Waals surface area contributed by atoms with E-state index in [0.29, 0.717) is 26.2 Å². The molecule has 0 saturated heterocycles. The first-order valence-electron chi connectivity index (χ1n) is 7.30. The molecule has 0 aliphatic rings. The number of amides is 2. The highest BCUT2D eigenvalue weighted by Gasteiger charge is 2.18. The Hall–Kier alpha value is -2.11. The molecule has 0 heterocycles. The molecule has 1 aromatic rings. The van der Waals surface area contributed by atoms with Gasteiger partial charge in [-0.15, -0.1) is 0 Å². The maximum atomic E-state index is 12.4. The van der Waals surface area contributed by atoms with Crippen LogP contribution in [0.5, 0.6) is 0 Å². The van der Waals surface area contributed by atoms with Gasteiger partial charge in [-0.3, -0.25) is 10.1 Å². The molecular formula is C15H23N3O3. The smallest absolute Gasteiger partial charge is 0.320 e. The van der Waals surface area contributed by atoms with Crippen LogP contribution in [0, 0.1) is 10.1 Å². The van der Waals surface area contributed by atoms with E-state index in [2.05, 4.69) is 0 Å². The Morgan fingerprint density at radius 3 is 2.10 bits per heavy atom. The lowest BCUT2D eigenvalue weighted by Crippen LogP contribution is -2.43. The molecule has 6 heteroatoms. The van der Waals surface area contributed by atoms with Crippen molar-refractivity contribution in [2.24, 2.45) is 0 Å². The normalized spacial score (nSPS) is 10.2. The van der Waals surface area contributed by atoms with Crippen molar-refractivity contribution in [1.29, 1.82) is 0 Å². The number of non-ortho nitro benzene ring substituents is 1. The lowest BCUT2D eigenvalue weighted by atomic mass is 10.2. The Kier molecular flexibility index (Phi) is 6.65. The van der Waals surface area contributed by atoms with Crippen LogP contribution in [0.1, 0.15) is 32.8 Å². The van der Waals surface area contributed by atoms with Crippen molar-refractivity contribution in [1.82, 2.24) is 9.80 Å². The maximum absolute atomic E-state index is 12.4. The zero-order valence-corrected chi connectivity index (χ0v) is 12.9. The minimum absolute atomic E-state index is 0.0141. The number of hydrogen-bond donors (Lipinski definition) is 0. The molecule has 0 atom stereocenters. The first kappa shape index (κ1) is 16.9. The van der Waals surface area contributed by atoms with Crippen LogP contribution in [0.25, 0.3) is 0 Å². The molecule has 2 amide bonds. The minimum atomic E-state index is -0.422. The van der Waals surface area contributed by atoms with Gasteiger partial charge in [0.2, 0.25) is 0 Å². The molecule has 0 aliphatic carbocycles. The number of nitro groups is 1. The molecule has 0 unspecified atom stereocenters. The summed E-state index contributed by atoms with van der Waals surface area (Å²) in [6.45, 7) is 8.44. The van der Waals surface area contributed by atoms with Gasteiger partial charge in [0.1, 0.15) is 0 Å². The molecule has 1 aromatic carbocycles. The van der Waals surface area contributed by atoms with Crippen LogP contribution >= 0.6 is 0 Å². The summed E-state index contributed by atoms with van der Waals surface area (Å²) in [5.74, 6) is 0. The summed E-state index contributed by atoms with van der Waals surface area (Å²) in [7, 11) is 0. The molecule has 0 spiro atoms. The number of carbonyl (C=O) groups is 1. The van der Waals surface area contributed by atoms with E-state index < -0.39 is 4.92 Å². The Bertz CT molecular complexity index is 470. The molecule has 0 fully saturated rings. The quantitative estimate of drug-likeness (QED) is 0.572. The van der Waals surface area contributed by atoms with Crippen molar-refractivity contribution in [2.75, 3.05) is 19.6 Å². The number of hydrogen-bond acceptors (Lipinski definition) is 3. The Labute approximate surface area is 125 Å². The number of benzene rings is 1. The average Bonchev–Trinajstić information content (AvgIpc) is 2.48. The highest BCUT2D eigenvalue weighted by atomic mass is 16.6. The second kappa shape index (κ2) is 8.24. The highest BCUT2D eigenvalue weighted by molar-refractivity contribution is 5.74. The molecule has 0 saturated carbocycles. The molecule has 0 aromatic heterocycles. The average molecular weight is 293 g/mol. The predicted octanol–water partition coefficient (Wildman–Crippen LogP) is 3.27. The summed E-state index contributed by atoms with van der Waals surface area (Å²) in [5, 5.41) is 10.6. The third kappa shape index (κ3) is 4.73. The van der Waals surface area contributed by atoms with Gasteiger partial charge in [0.15, 0.2) is 0 Å². The molecule has 0 aliphatic heterocycles. The molecule has 21 heavy (non-hydrogen) atoms. The standard InChI is InChI=1S/C15H23N3O3/c1-4-11-17(15(19)16(5-2)6-3)12-13-7-9-14(10-8-13)18(20)21/h7-10H,4-6,11-12H2,1-3H3. The fourth-order valence-electron chi connectivity index (χ4n) is 2.15. The van der Waals surface area contributed by atoms with Crippen LogP contribution in [0.3, 0.4) is 0 Å². The van der Waals surface area contributed by atoms with Crippen LogP contribution in [0.15, 0.2) is 24.3 Å². The molecule has 0 bridgehead atoms. The first-order chi connectivity index (χ1) is 10.0. The van der Waals surface area contributed by atoms with Gasteiger partial charge in [-0.2, -0.15) is 0 Å². The van der Waals surface area contributed by atoms with E-state index in [1.54, 1.807) is 21.9 Å². The van der Waals surface area contributed by atoms with Crippen LogP contribution in [-0.4, -0.2) is 40.4 Å². The van der Waals surface area contributed by atoms with Crippen molar-refractivity contribution in [2.45, 2.75) is 33.7 Å². The molecular weight excluding hydrogens is 270 g/mol. The number of nitrogens with zero attached hydrogens (tertiary/aromatic N) is 3. The second-order valence-electron chi connectivity index (χ2n) is 4.80. The van der Waals surface area contributed by atoms with Crippen molar-refractivity contribution in [3.05, 3.63) is 39.9 Å². The zero-order valence-electron chi connectivity index (χ0n) is 12.9. The summed E-state index contributed by atoms with van der Waals surface area (Å²) in [4.78, 5) is 26.2. The fourth-order valence-corrected chi connectivity index (χ4v) is 2.15. The fraction of sp³-hybridized carbons (Fsp3) is 0.533. The van der Waals surface area contributed by atoms with E-state index >= 15 is 0 Å². The monoisotopic (exact) mass is 293 g/mol. The largest absolute Gasteiger partial charge is 0.325 e. The Balaban J connectivity index is 2.82.